The van der Waals surface area contributed by atoms with Crippen LogP contribution in [0.15, 0.2) is 71.1 Å². The molecule has 0 heterocycles. The zero-order valence-electron chi connectivity index (χ0n) is 31.9. The molecular formula is C38H52F3N5O6S. The number of rotatable bonds is 14. The standard InChI is InChI=1S/C38H52F3N5O6S/c1-23(2)28(46(10)33(49)30(35(4,5)6)43-32(48)29(42-9)36(7,8)25-14-12-11-13-15-25)22-24(3)31(47)45-53(51,52)27-18-16-26(17-19-27)37(20-21-37)44-34(50)38(39,40)41/h11-19,22-23,28-30,42H,20-21H2,1-10H3,(H,43,48)(H,44,50)(H,45,47). The van der Waals surface area contributed by atoms with E-state index in [4.69, 9.17) is 0 Å². The topological polar surface area (TPSA) is 154 Å². The summed E-state index contributed by atoms with van der Waals surface area (Å²) in [6.07, 6.45) is -3.07. The summed E-state index contributed by atoms with van der Waals surface area (Å²) in [5.41, 5.74) is -1.36. The fourth-order valence-corrected chi connectivity index (χ4v) is 7.29. The normalized spacial score (nSPS) is 16.6. The molecule has 53 heavy (non-hydrogen) atoms. The summed E-state index contributed by atoms with van der Waals surface area (Å²) >= 11 is 0. The van der Waals surface area contributed by atoms with Crippen LogP contribution in [0.4, 0.5) is 13.2 Å². The van der Waals surface area contributed by atoms with Crippen LogP contribution in [-0.2, 0) is 40.2 Å². The Balaban J connectivity index is 1.79. The molecule has 4 N–H and O–H groups in total. The number of carbonyl (C=O) groups excluding carboxylic acids is 4. The highest BCUT2D eigenvalue weighted by molar-refractivity contribution is 7.90. The smallest absolute Gasteiger partial charge is 0.342 e. The van der Waals surface area contributed by atoms with Gasteiger partial charge in [-0.1, -0.05) is 97.0 Å². The lowest BCUT2D eigenvalue weighted by molar-refractivity contribution is -0.174. The molecule has 0 radical (unpaired) electrons. The molecule has 3 unspecified atom stereocenters. The van der Waals surface area contributed by atoms with Crippen LogP contribution in [0.5, 0.6) is 0 Å². The van der Waals surface area contributed by atoms with E-state index in [0.717, 1.165) is 17.7 Å². The van der Waals surface area contributed by atoms with Gasteiger partial charge in [-0.15, -0.1) is 0 Å². The molecule has 1 aliphatic carbocycles. The van der Waals surface area contributed by atoms with Crippen LogP contribution in [0.25, 0.3) is 0 Å². The van der Waals surface area contributed by atoms with Crippen LogP contribution in [0.3, 0.4) is 0 Å². The van der Waals surface area contributed by atoms with Gasteiger partial charge in [0.25, 0.3) is 15.9 Å². The number of sulfonamides is 1. The van der Waals surface area contributed by atoms with Crippen molar-refractivity contribution in [3.63, 3.8) is 0 Å². The van der Waals surface area contributed by atoms with Crippen molar-refractivity contribution in [1.29, 1.82) is 0 Å². The monoisotopic (exact) mass is 763 g/mol. The summed E-state index contributed by atoms with van der Waals surface area (Å²) in [5.74, 6) is -4.04. The number of halogens is 3. The van der Waals surface area contributed by atoms with Crippen LogP contribution in [0.1, 0.15) is 79.4 Å². The van der Waals surface area contributed by atoms with Gasteiger partial charge in [-0.2, -0.15) is 13.2 Å². The molecule has 0 spiro atoms. The summed E-state index contributed by atoms with van der Waals surface area (Å²) in [4.78, 5) is 53.8. The van der Waals surface area contributed by atoms with Crippen molar-refractivity contribution in [2.45, 2.75) is 108 Å². The lowest BCUT2D eigenvalue weighted by Gasteiger charge is -2.40. The van der Waals surface area contributed by atoms with Crippen LogP contribution in [-0.4, -0.2) is 75.3 Å². The van der Waals surface area contributed by atoms with Crippen molar-refractivity contribution < 1.29 is 40.8 Å². The summed E-state index contributed by atoms with van der Waals surface area (Å²) in [7, 11) is -1.17. The average molecular weight is 764 g/mol. The Morgan fingerprint density at radius 3 is 1.89 bits per heavy atom. The van der Waals surface area contributed by atoms with Crippen LogP contribution < -0.4 is 20.7 Å². The second-order valence-corrected chi connectivity index (χ2v) is 17.3. The first-order chi connectivity index (χ1) is 24.3. The lowest BCUT2D eigenvalue weighted by Crippen LogP contribution is -2.61. The van der Waals surface area contributed by atoms with Crippen molar-refractivity contribution in [3.05, 3.63) is 77.4 Å². The Morgan fingerprint density at radius 2 is 1.43 bits per heavy atom. The maximum absolute atomic E-state index is 14.2. The second kappa shape index (κ2) is 16.0. The van der Waals surface area contributed by atoms with Crippen molar-refractivity contribution in [2.24, 2.45) is 11.3 Å². The highest BCUT2D eigenvalue weighted by Gasteiger charge is 2.51. The van der Waals surface area contributed by atoms with Gasteiger partial charge in [0.1, 0.15) is 6.04 Å². The molecule has 0 aromatic heterocycles. The van der Waals surface area contributed by atoms with Gasteiger partial charge in [-0.3, -0.25) is 19.2 Å². The van der Waals surface area contributed by atoms with E-state index in [-0.39, 0.29) is 35.1 Å². The van der Waals surface area contributed by atoms with Crippen LogP contribution >= 0.6 is 0 Å². The number of benzene rings is 2. The second-order valence-electron chi connectivity index (χ2n) is 15.6. The summed E-state index contributed by atoms with van der Waals surface area (Å²) in [6, 6.07) is 12.1. The lowest BCUT2D eigenvalue weighted by atomic mass is 9.76. The molecule has 0 bridgehead atoms. The maximum Gasteiger partial charge on any atom is 0.471 e. The van der Waals surface area contributed by atoms with Gasteiger partial charge in [0.2, 0.25) is 11.8 Å². The molecule has 0 saturated heterocycles. The Hall–Kier alpha value is -4.24. The van der Waals surface area contributed by atoms with Gasteiger partial charge in [0, 0.05) is 18.0 Å². The van der Waals surface area contributed by atoms with Crippen molar-refractivity contribution >= 4 is 33.7 Å². The molecule has 3 atom stereocenters. The molecule has 2 aromatic carbocycles. The SMILES string of the molecule is CNC(C(=O)NC(C(=O)N(C)C(C=C(C)C(=O)NS(=O)(=O)c1ccc(C2(NC(=O)C(F)(F)F)CC2)cc1)C(C)C)C(C)(C)C)C(C)(C)c1ccccc1. The zero-order valence-corrected chi connectivity index (χ0v) is 32.8. The number of hydrogen-bond donors (Lipinski definition) is 4. The fourth-order valence-electron chi connectivity index (χ4n) is 6.28. The highest BCUT2D eigenvalue weighted by Crippen LogP contribution is 2.46. The van der Waals surface area contributed by atoms with E-state index >= 15 is 0 Å². The first-order valence-electron chi connectivity index (χ1n) is 17.3. The molecule has 1 aliphatic rings. The van der Waals surface area contributed by atoms with E-state index in [2.05, 4.69) is 10.6 Å². The quantitative estimate of drug-likeness (QED) is 0.204. The van der Waals surface area contributed by atoms with E-state index in [1.54, 1.807) is 14.1 Å². The minimum Gasteiger partial charge on any atom is -0.342 e. The van der Waals surface area contributed by atoms with E-state index in [9.17, 15) is 40.8 Å². The first-order valence-corrected chi connectivity index (χ1v) is 18.8. The Labute approximate surface area is 310 Å². The third kappa shape index (κ3) is 10.3. The van der Waals surface area contributed by atoms with Crippen LogP contribution in [0, 0.1) is 11.3 Å². The molecule has 1 saturated carbocycles. The Bertz CT molecular complexity index is 1800. The molecule has 1 fully saturated rings. The van der Waals surface area contributed by atoms with Crippen LogP contribution in [0.2, 0.25) is 0 Å². The van der Waals surface area contributed by atoms with E-state index in [0.29, 0.717) is 5.56 Å². The number of likely N-dealkylation sites (N-methyl/N-ethyl adjacent to an activating group) is 2. The van der Waals surface area contributed by atoms with Crippen molar-refractivity contribution in [3.8, 4) is 0 Å². The largest absolute Gasteiger partial charge is 0.471 e. The van der Waals surface area contributed by atoms with Gasteiger partial charge in [0.05, 0.1) is 22.5 Å². The first kappa shape index (κ1) is 43.2. The molecule has 2 aromatic rings. The molecule has 292 valence electrons. The summed E-state index contributed by atoms with van der Waals surface area (Å²) < 4.78 is 66.8. The number of hydrogen-bond acceptors (Lipinski definition) is 7. The molecule has 11 nitrogen and oxygen atoms in total. The Morgan fingerprint density at radius 1 is 0.887 bits per heavy atom. The number of carbonyl (C=O) groups is 4. The number of nitrogens with zero attached hydrogens (tertiary/aromatic N) is 1. The third-order valence-electron chi connectivity index (χ3n) is 9.75. The molecule has 15 heteroatoms. The minimum atomic E-state index is -5.06. The Kier molecular flexibility index (Phi) is 13.0. The number of alkyl halides is 3. The average Bonchev–Trinajstić information content (AvgIpc) is 3.85. The van der Waals surface area contributed by atoms with Gasteiger partial charge < -0.3 is 20.9 Å². The van der Waals surface area contributed by atoms with Crippen molar-refractivity contribution in [1.82, 2.24) is 25.6 Å². The van der Waals surface area contributed by atoms with E-state index in [1.807, 2.05) is 88.8 Å². The minimum absolute atomic E-state index is 0.00606. The molecular weight excluding hydrogens is 712 g/mol. The molecule has 0 aliphatic heterocycles. The summed E-state index contributed by atoms with van der Waals surface area (Å²) in [5, 5.41) is 8.06. The zero-order chi connectivity index (χ0) is 40.3. The van der Waals surface area contributed by atoms with Gasteiger partial charge in [-0.25, -0.2) is 13.1 Å². The highest BCUT2D eigenvalue weighted by atomic mass is 32.2. The van der Waals surface area contributed by atoms with E-state index in [1.165, 1.54) is 30.0 Å². The molecule has 3 rings (SSSR count). The van der Waals surface area contributed by atoms with Crippen molar-refractivity contribution in [2.75, 3.05) is 14.1 Å². The predicted octanol–water partition coefficient (Wildman–Crippen LogP) is 4.69. The van der Waals surface area contributed by atoms with Gasteiger partial charge in [-0.05, 0) is 61.4 Å². The number of nitrogens with one attached hydrogen (secondary N) is 4. The fraction of sp³-hybridized carbons (Fsp3) is 0.526. The number of amides is 4. The summed E-state index contributed by atoms with van der Waals surface area (Å²) in [6.45, 7) is 14.5. The van der Waals surface area contributed by atoms with Gasteiger partial charge in [0.15, 0.2) is 0 Å². The van der Waals surface area contributed by atoms with Gasteiger partial charge >= 0.3 is 12.1 Å². The maximum atomic E-state index is 14.2. The van der Waals surface area contributed by atoms with E-state index < -0.39 is 68.4 Å². The third-order valence-corrected chi connectivity index (χ3v) is 11.1. The predicted molar refractivity (Wildman–Crippen MR) is 196 cm³/mol. The molecule has 4 amide bonds.